The Balaban J connectivity index is 2.56. The number of nitrogens with one attached hydrogen (secondary N) is 1. The van der Waals surface area contributed by atoms with Crippen LogP contribution < -0.4 is 5.32 Å². The highest BCUT2D eigenvalue weighted by molar-refractivity contribution is 4.87. The molecular weight excluding hydrogens is 246 g/mol. The summed E-state index contributed by atoms with van der Waals surface area (Å²) in [6, 6.07) is 0.599. The zero-order valence-electron chi connectivity index (χ0n) is 14.5. The summed E-state index contributed by atoms with van der Waals surface area (Å²) >= 11 is 0. The Morgan fingerprint density at radius 2 is 1.55 bits per heavy atom. The molecule has 20 heavy (non-hydrogen) atoms. The molecule has 0 unspecified atom stereocenters. The van der Waals surface area contributed by atoms with E-state index in [1.54, 1.807) is 0 Å². The first-order valence-corrected chi connectivity index (χ1v) is 8.50. The van der Waals surface area contributed by atoms with Gasteiger partial charge in [0.1, 0.15) is 0 Å². The van der Waals surface area contributed by atoms with Gasteiger partial charge in [-0.3, -0.25) is 0 Å². The second kappa shape index (κ2) is 9.01. The van der Waals surface area contributed by atoms with E-state index in [0.717, 1.165) is 6.54 Å². The van der Waals surface area contributed by atoms with Gasteiger partial charge in [0.15, 0.2) is 0 Å². The molecule has 0 aromatic rings. The minimum absolute atomic E-state index is 0.502. The van der Waals surface area contributed by atoms with Gasteiger partial charge < -0.3 is 15.1 Å². The van der Waals surface area contributed by atoms with E-state index >= 15 is 0 Å². The third kappa shape index (κ3) is 7.05. The van der Waals surface area contributed by atoms with E-state index in [0.29, 0.717) is 11.5 Å². The average molecular weight is 284 g/mol. The highest BCUT2D eigenvalue weighted by atomic mass is 15.2. The Morgan fingerprint density at radius 1 is 0.950 bits per heavy atom. The van der Waals surface area contributed by atoms with Gasteiger partial charge in [-0.25, -0.2) is 0 Å². The van der Waals surface area contributed by atoms with Crippen LogP contribution in [-0.4, -0.2) is 63.2 Å². The minimum Gasteiger partial charge on any atom is -0.314 e. The standard InChI is InChI=1S/C17H37N3/c1-16(2)18-14-17(10-8-6-7-9-11-17)15-20(5)13-12-19(3)4/h16,18H,6-15H2,1-5H3. The Kier molecular flexibility index (Phi) is 8.08. The molecule has 1 aliphatic carbocycles. The van der Waals surface area contributed by atoms with Crippen LogP contribution in [0.4, 0.5) is 0 Å². The molecule has 0 aromatic heterocycles. The van der Waals surface area contributed by atoms with Crippen LogP contribution in [0.1, 0.15) is 52.4 Å². The molecule has 1 aliphatic rings. The van der Waals surface area contributed by atoms with Crippen molar-refractivity contribution in [3.8, 4) is 0 Å². The van der Waals surface area contributed by atoms with Crippen LogP contribution in [0.25, 0.3) is 0 Å². The highest BCUT2D eigenvalue weighted by Gasteiger charge is 2.31. The van der Waals surface area contributed by atoms with E-state index < -0.39 is 0 Å². The van der Waals surface area contributed by atoms with Crippen LogP contribution in [-0.2, 0) is 0 Å². The smallest absolute Gasteiger partial charge is 0.0106 e. The molecule has 0 aromatic carbocycles. The normalized spacial score (nSPS) is 19.8. The van der Waals surface area contributed by atoms with Crippen molar-refractivity contribution in [2.45, 2.75) is 58.4 Å². The molecule has 3 nitrogen and oxygen atoms in total. The van der Waals surface area contributed by atoms with Crippen LogP contribution in [0.5, 0.6) is 0 Å². The molecule has 1 saturated carbocycles. The third-order valence-electron chi connectivity index (χ3n) is 4.58. The van der Waals surface area contributed by atoms with Crippen LogP contribution in [0.3, 0.4) is 0 Å². The lowest BCUT2D eigenvalue weighted by molar-refractivity contribution is 0.137. The number of hydrogen-bond donors (Lipinski definition) is 1. The van der Waals surface area contributed by atoms with Crippen LogP contribution >= 0.6 is 0 Å². The summed E-state index contributed by atoms with van der Waals surface area (Å²) < 4.78 is 0. The van der Waals surface area contributed by atoms with E-state index in [2.05, 4.69) is 50.1 Å². The lowest BCUT2D eigenvalue weighted by Gasteiger charge is -2.38. The van der Waals surface area contributed by atoms with Crippen molar-refractivity contribution in [2.75, 3.05) is 47.3 Å². The monoisotopic (exact) mass is 283 g/mol. The number of rotatable bonds is 8. The first-order chi connectivity index (χ1) is 9.43. The number of likely N-dealkylation sites (N-methyl/N-ethyl adjacent to an activating group) is 2. The Morgan fingerprint density at radius 3 is 2.05 bits per heavy atom. The number of nitrogens with zero attached hydrogens (tertiary/aromatic N) is 2. The summed E-state index contributed by atoms with van der Waals surface area (Å²) in [4.78, 5) is 4.83. The predicted molar refractivity (Wildman–Crippen MR) is 89.3 cm³/mol. The first kappa shape index (κ1) is 17.9. The molecule has 0 radical (unpaired) electrons. The average Bonchev–Trinajstić information content (AvgIpc) is 2.60. The van der Waals surface area contributed by atoms with Crippen molar-refractivity contribution in [1.29, 1.82) is 0 Å². The van der Waals surface area contributed by atoms with Crippen LogP contribution in [0.15, 0.2) is 0 Å². The Bertz CT molecular complexity index is 243. The molecule has 1 rings (SSSR count). The summed E-state index contributed by atoms with van der Waals surface area (Å²) in [5.41, 5.74) is 0.502. The van der Waals surface area contributed by atoms with Crippen LogP contribution in [0.2, 0.25) is 0 Å². The maximum absolute atomic E-state index is 3.72. The summed E-state index contributed by atoms with van der Waals surface area (Å²) in [5, 5.41) is 3.72. The molecular formula is C17H37N3. The second-order valence-electron chi connectivity index (χ2n) is 7.49. The van der Waals surface area contributed by atoms with Gasteiger partial charge >= 0.3 is 0 Å². The van der Waals surface area contributed by atoms with Gasteiger partial charge in [-0.2, -0.15) is 0 Å². The van der Waals surface area contributed by atoms with Gasteiger partial charge in [-0.05, 0) is 39.4 Å². The quantitative estimate of drug-likeness (QED) is 0.691. The zero-order valence-corrected chi connectivity index (χ0v) is 14.5. The molecule has 0 spiro atoms. The molecule has 0 aliphatic heterocycles. The first-order valence-electron chi connectivity index (χ1n) is 8.50. The molecule has 0 amide bonds. The molecule has 3 heteroatoms. The van der Waals surface area contributed by atoms with Gasteiger partial charge in [0.25, 0.3) is 0 Å². The minimum atomic E-state index is 0.502. The van der Waals surface area contributed by atoms with Gasteiger partial charge in [0.05, 0.1) is 0 Å². The van der Waals surface area contributed by atoms with Gasteiger partial charge in [0.2, 0.25) is 0 Å². The fourth-order valence-corrected chi connectivity index (χ4v) is 3.31. The fraction of sp³-hybridized carbons (Fsp3) is 1.00. The van der Waals surface area contributed by atoms with Gasteiger partial charge in [-0.15, -0.1) is 0 Å². The topological polar surface area (TPSA) is 18.5 Å². The van der Waals surface area contributed by atoms with E-state index in [1.165, 1.54) is 58.2 Å². The van der Waals surface area contributed by atoms with Crippen molar-refractivity contribution < 1.29 is 0 Å². The second-order valence-corrected chi connectivity index (χ2v) is 7.49. The maximum atomic E-state index is 3.72. The lowest BCUT2D eigenvalue weighted by atomic mass is 9.79. The SMILES string of the molecule is CC(C)NCC1(CN(C)CCN(C)C)CCCCCC1. The highest BCUT2D eigenvalue weighted by Crippen LogP contribution is 2.35. The fourth-order valence-electron chi connectivity index (χ4n) is 3.31. The summed E-state index contributed by atoms with van der Waals surface area (Å²) in [6.07, 6.45) is 8.51. The van der Waals surface area contributed by atoms with E-state index in [9.17, 15) is 0 Å². The number of hydrogen-bond acceptors (Lipinski definition) is 3. The molecule has 120 valence electrons. The van der Waals surface area contributed by atoms with Crippen molar-refractivity contribution in [3.63, 3.8) is 0 Å². The molecule has 0 saturated heterocycles. The molecule has 1 fully saturated rings. The van der Waals surface area contributed by atoms with E-state index in [1.807, 2.05) is 0 Å². The van der Waals surface area contributed by atoms with Crippen LogP contribution in [0, 0.1) is 5.41 Å². The largest absolute Gasteiger partial charge is 0.314 e. The predicted octanol–water partition coefficient (Wildman–Crippen LogP) is 2.82. The van der Waals surface area contributed by atoms with Crippen molar-refractivity contribution in [3.05, 3.63) is 0 Å². The Labute approximate surface area is 127 Å². The molecule has 0 heterocycles. The van der Waals surface area contributed by atoms with Crippen molar-refractivity contribution in [1.82, 2.24) is 15.1 Å². The molecule has 1 N–H and O–H groups in total. The van der Waals surface area contributed by atoms with E-state index in [-0.39, 0.29) is 0 Å². The van der Waals surface area contributed by atoms with Crippen molar-refractivity contribution in [2.24, 2.45) is 5.41 Å². The molecule has 0 atom stereocenters. The summed E-state index contributed by atoms with van der Waals surface area (Å²) in [5.74, 6) is 0. The van der Waals surface area contributed by atoms with Gasteiger partial charge in [-0.1, -0.05) is 39.5 Å². The summed E-state index contributed by atoms with van der Waals surface area (Å²) in [7, 11) is 6.62. The zero-order chi connectivity index (χ0) is 15.0. The Hall–Kier alpha value is -0.120. The molecule has 0 bridgehead atoms. The third-order valence-corrected chi connectivity index (χ3v) is 4.58. The van der Waals surface area contributed by atoms with Gasteiger partial charge in [0, 0.05) is 32.2 Å². The lowest BCUT2D eigenvalue weighted by Crippen LogP contribution is -2.45. The maximum Gasteiger partial charge on any atom is 0.0106 e. The summed E-state index contributed by atoms with van der Waals surface area (Å²) in [6.45, 7) is 9.30. The van der Waals surface area contributed by atoms with Crippen molar-refractivity contribution >= 4 is 0 Å². The van der Waals surface area contributed by atoms with E-state index in [4.69, 9.17) is 0 Å².